The molecule has 0 spiro atoms. The van der Waals surface area contributed by atoms with E-state index in [1.165, 1.54) is 0 Å². The Labute approximate surface area is 105 Å². The van der Waals surface area contributed by atoms with E-state index in [0.29, 0.717) is 0 Å². The molecule has 4 nitrogen and oxygen atoms in total. The van der Waals surface area contributed by atoms with Gasteiger partial charge >= 0.3 is 6.09 Å². The molecule has 0 aromatic rings. The minimum Gasteiger partial charge on any atom is -0.444 e. The second-order valence-electron chi connectivity index (χ2n) is 6.74. The predicted molar refractivity (Wildman–Crippen MR) is 71.2 cm³/mol. The van der Waals surface area contributed by atoms with Crippen LogP contribution < -0.4 is 10.6 Å². The van der Waals surface area contributed by atoms with E-state index in [1.807, 2.05) is 27.7 Å². The normalized spacial score (nSPS) is 14.3. The summed E-state index contributed by atoms with van der Waals surface area (Å²) in [7, 11) is 0. The molecule has 0 aromatic carbocycles. The standard InChI is InChI=1S/C13H28N2O2/c1-10(8-14-9-12(2,3)4)15-11(16)17-13(5,6)7/h10,14H,8-9H2,1-7H3,(H,15,16). The third-order valence-corrected chi connectivity index (χ3v) is 1.87. The molecule has 0 saturated carbocycles. The summed E-state index contributed by atoms with van der Waals surface area (Å²) in [6.45, 7) is 15.7. The quantitative estimate of drug-likeness (QED) is 0.799. The van der Waals surface area contributed by atoms with Gasteiger partial charge in [0, 0.05) is 19.1 Å². The average Bonchev–Trinajstić information content (AvgIpc) is 1.96. The van der Waals surface area contributed by atoms with Crippen LogP contribution in [0.15, 0.2) is 0 Å². The van der Waals surface area contributed by atoms with Crippen molar-refractivity contribution in [2.75, 3.05) is 13.1 Å². The molecule has 0 radical (unpaired) electrons. The molecule has 1 unspecified atom stereocenters. The van der Waals surface area contributed by atoms with Gasteiger partial charge in [-0.2, -0.15) is 0 Å². The Morgan fingerprint density at radius 3 is 2.12 bits per heavy atom. The maximum Gasteiger partial charge on any atom is 0.407 e. The molecule has 0 fully saturated rings. The van der Waals surface area contributed by atoms with Crippen molar-refractivity contribution < 1.29 is 9.53 Å². The molecule has 17 heavy (non-hydrogen) atoms. The van der Waals surface area contributed by atoms with Crippen molar-refractivity contribution in [3.63, 3.8) is 0 Å². The number of nitrogens with one attached hydrogen (secondary N) is 2. The van der Waals surface area contributed by atoms with E-state index in [0.717, 1.165) is 13.1 Å². The van der Waals surface area contributed by atoms with Gasteiger partial charge in [0.15, 0.2) is 0 Å². The third-order valence-electron chi connectivity index (χ3n) is 1.87. The minimum atomic E-state index is -0.442. The first kappa shape index (κ1) is 16.2. The smallest absolute Gasteiger partial charge is 0.407 e. The van der Waals surface area contributed by atoms with E-state index >= 15 is 0 Å². The largest absolute Gasteiger partial charge is 0.444 e. The molecule has 0 aromatic heterocycles. The molecule has 2 N–H and O–H groups in total. The van der Waals surface area contributed by atoms with Gasteiger partial charge in [-0.25, -0.2) is 4.79 Å². The van der Waals surface area contributed by atoms with Gasteiger partial charge in [0.2, 0.25) is 0 Å². The van der Waals surface area contributed by atoms with Gasteiger partial charge in [0.1, 0.15) is 5.60 Å². The fraction of sp³-hybridized carbons (Fsp3) is 0.923. The monoisotopic (exact) mass is 244 g/mol. The van der Waals surface area contributed by atoms with E-state index < -0.39 is 5.60 Å². The van der Waals surface area contributed by atoms with Crippen LogP contribution in [0.3, 0.4) is 0 Å². The summed E-state index contributed by atoms with van der Waals surface area (Å²) in [6, 6.07) is 0.0622. The third kappa shape index (κ3) is 11.5. The highest BCUT2D eigenvalue weighted by Crippen LogP contribution is 2.10. The molecule has 102 valence electrons. The second-order valence-corrected chi connectivity index (χ2v) is 6.74. The predicted octanol–water partition coefficient (Wildman–Crippen LogP) is 2.54. The number of hydrogen-bond donors (Lipinski definition) is 2. The number of rotatable bonds is 4. The van der Waals surface area contributed by atoms with Crippen molar-refractivity contribution in [2.24, 2.45) is 5.41 Å². The molecule has 0 heterocycles. The Hall–Kier alpha value is -0.770. The average molecular weight is 244 g/mol. The van der Waals surface area contributed by atoms with Crippen LogP contribution in [0.4, 0.5) is 4.79 Å². The maximum atomic E-state index is 11.5. The maximum absolute atomic E-state index is 11.5. The van der Waals surface area contributed by atoms with Crippen molar-refractivity contribution in [3.05, 3.63) is 0 Å². The molecule has 0 bridgehead atoms. The van der Waals surface area contributed by atoms with E-state index in [-0.39, 0.29) is 17.6 Å². The molecule has 0 aliphatic carbocycles. The van der Waals surface area contributed by atoms with Gasteiger partial charge in [0.05, 0.1) is 0 Å². The number of carbonyl (C=O) groups excluding carboxylic acids is 1. The van der Waals surface area contributed by atoms with Gasteiger partial charge in [-0.3, -0.25) is 0 Å². The molecule has 1 atom stereocenters. The molecule has 0 aliphatic rings. The van der Waals surface area contributed by atoms with Gasteiger partial charge in [0.25, 0.3) is 0 Å². The highest BCUT2D eigenvalue weighted by atomic mass is 16.6. The van der Waals surface area contributed by atoms with Gasteiger partial charge in [-0.1, -0.05) is 20.8 Å². The summed E-state index contributed by atoms with van der Waals surface area (Å²) < 4.78 is 5.18. The van der Waals surface area contributed by atoms with E-state index in [4.69, 9.17) is 4.74 Å². The van der Waals surface area contributed by atoms with Crippen molar-refractivity contribution in [2.45, 2.75) is 60.1 Å². The Balaban J connectivity index is 3.79. The first-order valence-electron chi connectivity index (χ1n) is 6.20. The minimum absolute atomic E-state index is 0.0622. The zero-order valence-electron chi connectivity index (χ0n) is 12.3. The lowest BCUT2D eigenvalue weighted by Crippen LogP contribution is -2.43. The molecule has 0 saturated heterocycles. The summed E-state index contributed by atoms with van der Waals surface area (Å²) in [6.07, 6.45) is -0.359. The van der Waals surface area contributed by atoms with Crippen molar-refractivity contribution in [3.8, 4) is 0 Å². The first-order chi connectivity index (χ1) is 7.49. The summed E-state index contributed by atoms with van der Waals surface area (Å²) in [4.78, 5) is 11.5. The number of ether oxygens (including phenoxy) is 1. The number of amides is 1. The van der Waals surface area contributed by atoms with Crippen LogP contribution in [-0.4, -0.2) is 30.8 Å². The highest BCUT2D eigenvalue weighted by Gasteiger charge is 2.17. The number of carbonyl (C=O) groups is 1. The van der Waals surface area contributed by atoms with E-state index in [2.05, 4.69) is 31.4 Å². The first-order valence-corrected chi connectivity index (χ1v) is 6.20. The summed E-state index contributed by atoms with van der Waals surface area (Å²) >= 11 is 0. The molecular formula is C13H28N2O2. The lowest BCUT2D eigenvalue weighted by atomic mass is 9.97. The van der Waals surface area contributed by atoms with E-state index in [1.54, 1.807) is 0 Å². The molecular weight excluding hydrogens is 216 g/mol. The lowest BCUT2D eigenvalue weighted by Gasteiger charge is -2.23. The fourth-order valence-electron chi connectivity index (χ4n) is 1.22. The molecule has 0 rings (SSSR count). The van der Waals surface area contributed by atoms with Crippen LogP contribution >= 0.6 is 0 Å². The SMILES string of the molecule is CC(CNCC(C)(C)C)NC(=O)OC(C)(C)C. The number of hydrogen-bond acceptors (Lipinski definition) is 3. The summed E-state index contributed by atoms with van der Waals surface area (Å²) in [5.41, 5.74) is -0.186. The van der Waals surface area contributed by atoms with Crippen LogP contribution in [0.2, 0.25) is 0 Å². The van der Waals surface area contributed by atoms with Crippen LogP contribution in [0.1, 0.15) is 48.5 Å². The van der Waals surface area contributed by atoms with Crippen LogP contribution in [0.5, 0.6) is 0 Å². The Morgan fingerprint density at radius 1 is 1.18 bits per heavy atom. The molecule has 0 aliphatic heterocycles. The Kier molecular flexibility index (Phi) is 5.96. The van der Waals surface area contributed by atoms with Gasteiger partial charge < -0.3 is 15.4 Å². The Morgan fingerprint density at radius 2 is 1.71 bits per heavy atom. The fourth-order valence-corrected chi connectivity index (χ4v) is 1.22. The van der Waals surface area contributed by atoms with Crippen LogP contribution in [0, 0.1) is 5.41 Å². The molecule has 1 amide bonds. The zero-order valence-corrected chi connectivity index (χ0v) is 12.3. The van der Waals surface area contributed by atoms with Gasteiger partial charge in [-0.15, -0.1) is 0 Å². The van der Waals surface area contributed by atoms with Crippen molar-refractivity contribution in [1.82, 2.24) is 10.6 Å². The summed E-state index contributed by atoms with van der Waals surface area (Å²) in [5, 5.41) is 6.12. The van der Waals surface area contributed by atoms with Crippen LogP contribution in [-0.2, 0) is 4.74 Å². The molecule has 4 heteroatoms. The number of alkyl carbamates (subject to hydrolysis) is 1. The lowest BCUT2D eigenvalue weighted by molar-refractivity contribution is 0.0508. The topological polar surface area (TPSA) is 50.4 Å². The zero-order chi connectivity index (χ0) is 13.7. The Bertz CT molecular complexity index is 239. The van der Waals surface area contributed by atoms with Gasteiger partial charge in [-0.05, 0) is 33.1 Å². The summed E-state index contributed by atoms with van der Waals surface area (Å²) in [5.74, 6) is 0. The second kappa shape index (κ2) is 6.24. The highest BCUT2D eigenvalue weighted by molar-refractivity contribution is 5.68. The van der Waals surface area contributed by atoms with Crippen molar-refractivity contribution in [1.29, 1.82) is 0 Å². The van der Waals surface area contributed by atoms with Crippen molar-refractivity contribution >= 4 is 6.09 Å². The van der Waals surface area contributed by atoms with E-state index in [9.17, 15) is 4.79 Å². The van der Waals surface area contributed by atoms with Crippen LogP contribution in [0.25, 0.3) is 0 Å².